The van der Waals surface area contributed by atoms with Crippen molar-refractivity contribution in [2.24, 2.45) is 0 Å². The van der Waals surface area contributed by atoms with Crippen LogP contribution in [-0.2, 0) is 9.53 Å². The Morgan fingerprint density at radius 3 is 2.24 bits per heavy atom. The highest BCUT2D eigenvalue weighted by Gasteiger charge is 2.43. The van der Waals surface area contributed by atoms with Crippen LogP contribution in [0.4, 0.5) is 5.69 Å². The highest BCUT2D eigenvalue weighted by atomic mass is 35.5. The summed E-state index contributed by atoms with van der Waals surface area (Å²) < 4.78 is 5.63. The monoisotopic (exact) mass is 414 g/mol. The van der Waals surface area contributed by atoms with Gasteiger partial charge in [-0.1, -0.05) is 55.5 Å². The van der Waals surface area contributed by atoms with Gasteiger partial charge in [0.15, 0.2) is 0 Å². The molecule has 0 bridgehead atoms. The van der Waals surface area contributed by atoms with Crippen molar-refractivity contribution in [3.05, 3.63) is 66.2 Å². The van der Waals surface area contributed by atoms with Gasteiger partial charge in [-0.05, 0) is 30.5 Å². The summed E-state index contributed by atoms with van der Waals surface area (Å²) in [4.78, 5) is 17.4. The molecule has 3 rings (SSSR count). The fourth-order valence-electron chi connectivity index (χ4n) is 4.26. The lowest BCUT2D eigenvalue weighted by atomic mass is 9.85. The maximum Gasteiger partial charge on any atom is 0.227 e. The molecule has 2 aromatic carbocycles. The van der Waals surface area contributed by atoms with Crippen LogP contribution < -0.4 is 4.90 Å². The van der Waals surface area contributed by atoms with E-state index in [0.717, 1.165) is 43.7 Å². The Morgan fingerprint density at radius 1 is 1.10 bits per heavy atom. The van der Waals surface area contributed by atoms with E-state index in [-0.39, 0.29) is 16.8 Å². The fraction of sp³-hybridized carbons (Fsp3) is 0.458. The molecule has 1 atom stereocenters. The molecule has 0 N–H and O–H groups in total. The molecule has 1 heterocycles. The minimum atomic E-state index is -0.325. The molecular weight excluding hydrogens is 384 g/mol. The summed E-state index contributed by atoms with van der Waals surface area (Å²) in [5.74, 6) is 0.140. The molecule has 1 aliphatic heterocycles. The molecule has 1 saturated heterocycles. The van der Waals surface area contributed by atoms with Crippen LogP contribution in [0.5, 0.6) is 0 Å². The number of amides is 1. The molecule has 5 heteroatoms. The average molecular weight is 415 g/mol. The third-order valence-electron chi connectivity index (χ3n) is 5.82. The van der Waals surface area contributed by atoms with Gasteiger partial charge in [-0.3, -0.25) is 4.79 Å². The van der Waals surface area contributed by atoms with E-state index in [1.54, 1.807) is 7.11 Å². The number of piperidine rings is 1. The Bertz CT molecular complexity index is 761. The second kappa shape index (κ2) is 10.2. The number of hydrogen-bond donors (Lipinski definition) is 0. The normalized spacial score (nSPS) is 17.6. The first-order chi connectivity index (χ1) is 14.1. The zero-order chi connectivity index (χ0) is 20.7. The summed E-state index contributed by atoms with van der Waals surface area (Å²) in [6.45, 7) is 5.04. The van der Waals surface area contributed by atoms with Gasteiger partial charge in [0.05, 0.1) is 17.5 Å². The highest BCUT2D eigenvalue weighted by Crippen LogP contribution is 2.35. The van der Waals surface area contributed by atoms with Crippen molar-refractivity contribution in [1.29, 1.82) is 0 Å². The van der Waals surface area contributed by atoms with Crippen LogP contribution in [0.25, 0.3) is 0 Å². The number of halogens is 1. The van der Waals surface area contributed by atoms with Gasteiger partial charge in [0.1, 0.15) is 0 Å². The third kappa shape index (κ3) is 5.19. The number of alkyl halides is 1. The number of hydrogen-bond acceptors (Lipinski definition) is 3. The summed E-state index contributed by atoms with van der Waals surface area (Å²) >= 11 is 6.67. The number of nitrogens with zero attached hydrogens (tertiary/aromatic N) is 2. The van der Waals surface area contributed by atoms with Crippen LogP contribution >= 0.6 is 11.6 Å². The lowest BCUT2D eigenvalue weighted by Crippen LogP contribution is -2.60. The van der Waals surface area contributed by atoms with Gasteiger partial charge in [-0.2, -0.15) is 0 Å². The zero-order valence-electron chi connectivity index (χ0n) is 17.4. The van der Waals surface area contributed by atoms with Crippen LogP contribution in [0.3, 0.4) is 0 Å². The molecule has 0 aromatic heterocycles. The van der Waals surface area contributed by atoms with Gasteiger partial charge >= 0.3 is 0 Å². The molecule has 1 amide bonds. The predicted molar refractivity (Wildman–Crippen MR) is 120 cm³/mol. The molecule has 0 radical (unpaired) electrons. The molecule has 1 fully saturated rings. The van der Waals surface area contributed by atoms with Crippen LogP contribution in [0.2, 0.25) is 0 Å². The van der Waals surface area contributed by atoms with Crippen molar-refractivity contribution >= 4 is 23.2 Å². The van der Waals surface area contributed by atoms with Gasteiger partial charge in [-0.15, -0.1) is 11.6 Å². The molecule has 1 unspecified atom stereocenters. The third-order valence-corrected chi connectivity index (χ3v) is 6.21. The Labute approximate surface area is 179 Å². The Hall–Kier alpha value is -1.88. The Morgan fingerprint density at radius 2 is 1.69 bits per heavy atom. The number of carbonyl (C=O) groups is 1. The molecule has 29 heavy (non-hydrogen) atoms. The van der Waals surface area contributed by atoms with E-state index in [0.29, 0.717) is 13.0 Å². The second-order valence-electron chi connectivity index (χ2n) is 7.75. The van der Waals surface area contributed by atoms with Gasteiger partial charge < -0.3 is 14.5 Å². The van der Waals surface area contributed by atoms with Crippen LogP contribution in [0.1, 0.15) is 37.1 Å². The lowest BCUT2D eigenvalue weighted by Gasteiger charge is -2.48. The smallest absolute Gasteiger partial charge is 0.227 e. The highest BCUT2D eigenvalue weighted by molar-refractivity contribution is 6.21. The fourth-order valence-corrected chi connectivity index (χ4v) is 4.61. The van der Waals surface area contributed by atoms with E-state index in [1.807, 2.05) is 60.4 Å². The number of benzene rings is 2. The lowest BCUT2D eigenvalue weighted by molar-refractivity contribution is -0.120. The topological polar surface area (TPSA) is 32.8 Å². The van der Waals surface area contributed by atoms with Crippen LogP contribution in [0, 0.1) is 0 Å². The number of ether oxygens (including phenoxy) is 1. The van der Waals surface area contributed by atoms with E-state index >= 15 is 0 Å². The minimum absolute atomic E-state index is 0.0337. The standard InChI is InChI=1S/C24H31ClN2O2/c1-3-23(28)27(21-12-8-5-9-13-21)24(19-29-2)14-16-26(17-15-24)18-22(25)20-10-6-4-7-11-20/h4-13,22H,3,14-19H2,1-2H3. The van der Waals surface area contributed by atoms with Gasteiger partial charge in [0.2, 0.25) is 5.91 Å². The number of carbonyl (C=O) groups excluding carboxylic acids is 1. The van der Waals surface area contributed by atoms with E-state index in [9.17, 15) is 4.79 Å². The van der Waals surface area contributed by atoms with Crippen molar-refractivity contribution in [2.45, 2.75) is 37.1 Å². The molecule has 4 nitrogen and oxygen atoms in total. The Kier molecular flexibility index (Phi) is 7.70. The van der Waals surface area contributed by atoms with E-state index in [2.05, 4.69) is 17.0 Å². The predicted octanol–water partition coefficient (Wildman–Crippen LogP) is 4.89. The maximum atomic E-state index is 13.0. The van der Waals surface area contributed by atoms with Crippen molar-refractivity contribution < 1.29 is 9.53 Å². The Balaban J connectivity index is 1.75. The molecular formula is C24H31ClN2O2. The second-order valence-corrected chi connectivity index (χ2v) is 8.28. The maximum absolute atomic E-state index is 13.0. The number of rotatable bonds is 8. The summed E-state index contributed by atoms with van der Waals surface area (Å²) in [6.07, 6.45) is 2.20. The average Bonchev–Trinajstić information content (AvgIpc) is 2.77. The van der Waals surface area contributed by atoms with Gasteiger partial charge in [-0.25, -0.2) is 0 Å². The first-order valence-electron chi connectivity index (χ1n) is 10.4. The first-order valence-corrected chi connectivity index (χ1v) is 10.8. The van der Waals surface area contributed by atoms with E-state index in [4.69, 9.17) is 16.3 Å². The van der Waals surface area contributed by atoms with Crippen LogP contribution in [-0.4, -0.2) is 49.7 Å². The van der Waals surface area contributed by atoms with E-state index < -0.39 is 0 Å². The number of likely N-dealkylation sites (tertiary alicyclic amines) is 1. The number of methoxy groups -OCH3 is 1. The van der Waals surface area contributed by atoms with Gasteiger partial charge in [0, 0.05) is 38.9 Å². The van der Waals surface area contributed by atoms with Crippen molar-refractivity contribution in [3.63, 3.8) is 0 Å². The van der Waals surface area contributed by atoms with Crippen molar-refractivity contribution in [2.75, 3.05) is 38.3 Å². The van der Waals surface area contributed by atoms with E-state index in [1.165, 1.54) is 0 Å². The molecule has 0 saturated carbocycles. The number of para-hydroxylation sites is 1. The molecule has 156 valence electrons. The first kappa shape index (κ1) is 21.8. The minimum Gasteiger partial charge on any atom is -0.382 e. The summed E-state index contributed by atoms with van der Waals surface area (Å²) in [7, 11) is 1.72. The summed E-state index contributed by atoms with van der Waals surface area (Å²) in [5.41, 5.74) is 1.77. The van der Waals surface area contributed by atoms with Crippen molar-refractivity contribution in [3.8, 4) is 0 Å². The molecule has 1 aliphatic rings. The summed E-state index contributed by atoms with van der Waals surface area (Å²) in [6, 6.07) is 20.2. The molecule has 2 aromatic rings. The quantitative estimate of drug-likeness (QED) is 0.576. The van der Waals surface area contributed by atoms with Gasteiger partial charge in [0.25, 0.3) is 0 Å². The zero-order valence-corrected chi connectivity index (χ0v) is 18.1. The molecule has 0 aliphatic carbocycles. The largest absolute Gasteiger partial charge is 0.382 e. The summed E-state index contributed by atoms with van der Waals surface area (Å²) in [5, 5.41) is -0.0337. The van der Waals surface area contributed by atoms with Crippen molar-refractivity contribution in [1.82, 2.24) is 4.90 Å². The number of anilines is 1. The SMILES string of the molecule is CCC(=O)N(c1ccccc1)C1(COC)CCN(CC(Cl)c2ccccc2)CC1. The van der Waals surface area contributed by atoms with Crippen LogP contribution in [0.15, 0.2) is 60.7 Å². The molecule has 0 spiro atoms.